The van der Waals surface area contributed by atoms with Gasteiger partial charge in [0.2, 0.25) is 0 Å². The Bertz CT molecular complexity index is 746. The summed E-state index contributed by atoms with van der Waals surface area (Å²) >= 11 is 0. The maximum Gasteiger partial charge on any atom is 0.407 e. The SMILES string of the molecule is COC(=O)c1cn2cc(C)nc(CNC(=O)OC(C)(C)C)c2n1. The van der Waals surface area contributed by atoms with Crippen LogP contribution in [-0.2, 0) is 16.0 Å². The summed E-state index contributed by atoms with van der Waals surface area (Å²) in [5.74, 6) is -0.530. The van der Waals surface area contributed by atoms with Crippen molar-refractivity contribution in [2.45, 2.75) is 39.8 Å². The molecule has 8 nitrogen and oxygen atoms in total. The summed E-state index contributed by atoms with van der Waals surface area (Å²) in [6, 6.07) is 0. The number of nitrogens with zero attached hydrogens (tertiary/aromatic N) is 3. The minimum Gasteiger partial charge on any atom is -0.464 e. The lowest BCUT2D eigenvalue weighted by atomic mass is 10.2. The highest BCUT2D eigenvalue weighted by Gasteiger charge is 2.18. The molecule has 0 aliphatic carbocycles. The molecule has 2 aromatic rings. The van der Waals surface area contributed by atoms with Gasteiger partial charge in [-0.15, -0.1) is 0 Å². The monoisotopic (exact) mass is 320 g/mol. The van der Waals surface area contributed by atoms with Gasteiger partial charge in [-0.25, -0.2) is 14.6 Å². The molecule has 0 aromatic carbocycles. The molecular formula is C15H20N4O4. The Labute approximate surface area is 133 Å². The number of carbonyl (C=O) groups is 2. The predicted molar refractivity (Wildman–Crippen MR) is 82.1 cm³/mol. The summed E-state index contributed by atoms with van der Waals surface area (Å²) in [5, 5.41) is 2.63. The summed E-state index contributed by atoms with van der Waals surface area (Å²) in [6.45, 7) is 7.30. The average molecular weight is 320 g/mol. The number of amides is 1. The molecule has 2 rings (SSSR count). The number of hydrogen-bond donors (Lipinski definition) is 1. The van der Waals surface area contributed by atoms with E-state index < -0.39 is 17.7 Å². The van der Waals surface area contributed by atoms with Gasteiger partial charge in [-0.2, -0.15) is 0 Å². The molecule has 8 heteroatoms. The Kier molecular flexibility index (Phi) is 4.53. The first kappa shape index (κ1) is 16.7. The van der Waals surface area contributed by atoms with E-state index in [1.807, 2.05) is 6.92 Å². The number of fused-ring (bicyclic) bond motifs is 1. The van der Waals surface area contributed by atoms with Crippen LogP contribution < -0.4 is 5.32 Å². The smallest absolute Gasteiger partial charge is 0.407 e. The highest BCUT2D eigenvalue weighted by atomic mass is 16.6. The van der Waals surface area contributed by atoms with Gasteiger partial charge in [0.1, 0.15) is 11.3 Å². The summed E-state index contributed by atoms with van der Waals surface area (Å²) in [5.41, 5.74) is 1.34. The third-order valence-corrected chi connectivity index (χ3v) is 2.82. The molecule has 0 bridgehead atoms. The number of methoxy groups -OCH3 is 1. The Balaban J connectivity index is 2.24. The molecule has 0 saturated heterocycles. The molecule has 0 atom stereocenters. The molecular weight excluding hydrogens is 300 g/mol. The Hall–Kier alpha value is -2.64. The van der Waals surface area contributed by atoms with Crippen LogP contribution in [0.15, 0.2) is 12.4 Å². The van der Waals surface area contributed by atoms with Crippen LogP contribution in [0.1, 0.15) is 42.6 Å². The number of aromatic nitrogens is 3. The van der Waals surface area contributed by atoms with Gasteiger partial charge >= 0.3 is 12.1 Å². The van der Waals surface area contributed by atoms with Crippen LogP contribution in [0.2, 0.25) is 0 Å². The van der Waals surface area contributed by atoms with Gasteiger partial charge in [0.05, 0.1) is 19.3 Å². The van der Waals surface area contributed by atoms with Gasteiger partial charge in [-0.05, 0) is 27.7 Å². The molecule has 0 radical (unpaired) electrons. The Morgan fingerprint density at radius 2 is 1.96 bits per heavy atom. The van der Waals surface area contributed by atoms with Crippen molar-refractivity contribution in [2.24, 2.45) is 0 Å². The van der Waals surface area contributed by atoms with E-state index in [4.69, 9.17) is 4.74 Å². The zero-order valence-corrected chi connectivity index (χ0v) is 13.8. The zero-order valence-electron chi connectivity index (χ0n) is 13.8. The van der Waals surface area contributed by atoms with Crippen molar-refractivity contribution in [2.75, 3.05) is 7.11 Å². The maximum absolute atomic E-state index is 11.8. The van der Waals surface area contributed by atoms with Gasteiger partial charge in [-0.1, -0.05) is 0 Å². The van der Waals surface area contributed by atoms with Crippen LogP contribution >= 0.6 is 0 Å². The van der Waals surface area contributed by atoms with Gasteiger partial charge in [-0.3, -0.25) is 4.98 Å². The first-order valence-corrected chi connectivity index (χ1v) is 7.10. The van der Waals surface area contributed by atoms with Crippen LogP contribution in [0.25, 0.3) is 5.65 Å². The third-order valence-electron chi connectivity index (χ3n) is 2.82. The largest absolute Gasteiger partial charge is 0.464 e. The minimum absolute atomic E-state index is 0.137. The Morgan fingerprint density at radius 1 is 1.26 bits per heavy atom. The van der Waals surface area contributed by atoms with Crippen molar-refractivity contribution in [3.63, 3.8) is 0 Å². The van der Waals surface area contributed by atoms with E-state index >= 15 is 0 Å². The molecule has 23 heavy (non-hydrogen) atoms. The zero-order chi connectivity index (χ0) is 17.2. The maximum atomic E-state index is 11.8. The highest BCUT2D eigenvalue weighted by Crippen LogP contribution is 2.12. The van der Waals surface area contributed by atoms with E-state index in [1.54, 1.807) is 37.6 Å². The summed E-state index contributed by atoms with van der Waals surface area (Å²) in [4.78, 5) is 31.9. The molecule has 124 valence electrons. The summed E-state index contributed by atoms with van der Waals surface area (Å²) in [6.07, 6.45) is 2.76. The first-order valence-electron chi connectivity index (χ1n) is 7.10. The third kappa shape index (κ3) is 4.18. The number of carbonyl (C=O) groups excluding carboxylic acids is 2. The topological polar surface area (TPSA) is 94.8 Å². The molecule has 0 aliphatic rings. The summed E-state index contributed by atoms with van der Waals surface area (Å²) < 4.78 is 11.5. The normalized spacial score (nSPS) is 11.3. The lowest BCUT2D eigenvalue weighted by Crippen LogP contribution is -2.32. The number of aryl methyl sites for hydroxylation is 1. The second-order valence-corrected chi connectivity index (χ2v) is 6.03. The quantitative estimate of drug-likeness (QED) is 0.867. The van der Waals surface area contributed by atoms with Crippen LogP contribution in [0, 0.1) is 6.92 Å². The predicted octanol–water partition coefficient (Wildman–Crippen LogP) is 1.85. The lowest BCUT2D eigenvalue weighted by Gasteiger charge is -2.19. The fourth-order valence-electron chi connectivity index (χ4n) is 1.99. The van der Waals surface area contributed by atoms with Crippen LogP contribution in [-0.4, -0.2) is 39.1 Å². The van der Waals surface area contributed by atoms with Crippen molar-refractivity contribution in [1.29, 1.82) is 0 Å². The molecule has 0 aliphatic heterocycles. The van der Waals surface area contributed by atoms with Crippen molar-refractivity contribution >= 4 is 17.7 Å². The van der Waals surface area contributed by atoms with Crippen LogP contribution in [0.4, 0.5) is 4.79 Å². The van der Waals surface area contributed by atoms with Crippen LogP contribution in [0.3, 0.4) is 0 Å². The average Bonchev–Trinajstić information content (AvgIpc) is 2.85. The molecule has 2 heterocycles. The molecule has 0 fully saturated rings. The number of nitrogens with one attached hydrogen (secondary N) is 1. The number of imidazole rings is 1. The summed E-state index contributed by atoms with van der Waals surface area (Å²) in [7, 11) is 1.29. The first-order chi connectivity index (χ1) is 10.7. The Morgan fingerprint density at radius 3 is 2.57 bits per heavy atom. The van der Waals surface area contributed by atoms with E-state index in [0.717, 1.165) is 5.69 Å². The van der Waals surface area contributed by atoms with Crippen molar-refractivity contribution in [1.82, 2.24) is 19.7 Å². The fourth-order valence-corrected chi connectivity index (χ4v) is 1.99. The molecule has 2 aromatic heterocycles. The standard InChI is InChI=1S/C15H20N4O4/c1-9-7-19-8-11(13(20)22-5)18-12(19)10(17-9)6-16-14(21)23-15(2,3)4/h7-8H,6H2,1-5H3,(H,16,21). The van der Waals surface area contributed by atoms with Gasteiger partial charge in [0.25, 0.3) is 0 Å². The number of alkyl carbamates (subject to hydrolysis) is 1. The fraction of sp³-hybridized carbons (Fsp3) is 0.467. The van der Waals surface area contributed by atoms with Gasteiger partial charge in [0, 0.05) is 12.4 Å². The van der Waals surface area contributed by atoms with E-state index in [1.165, 1.54) is 7.11 Å². The van der Waals surface area contributed by atoms with E-state index in [0.29, 0.717) is 11.3 Å². The van der Waals surface area contributed by atoms with Crippen molar-refractivity contribution < 1.29 is 19.1 Å². The van der Waals surface area contributed by atoms with Gasteiger partial charge < -0.3 is 19.2 Å². The second-order valence-electron chi connectivity index (χ2n) is 6.03. The molecule has 0 spiro atoms. The number of esters is 1. The lowest BCUT2D eigenvalue weighted by molar-refractivity contribution is 0.0521. The molecule has 1 N–H and O–H groups in total. The van der Waals surface area contributed by atoms with Crippen molar-refractivity contribution in [3.8, 4) is 0 Å². The number of rotatable bonds is 3. The van der Waals surface area contributed by atoms with Crippen LogP contribution in [0.5, 0.6) is 0 Å². The number of ether oxygens (including phenoxy) is 2. The van der Waals surface area contributed by atoms with Crippen molar-refractivity contribution in [3.05, 3.63) is 29.5 Å². The van der Waals surface area contributed by atoms with Gasteiger partial charge in [0.15, 0.2) is 11.3 Å². The second kappa shape index (κ2) is 6.23. The molecule has 1 amide bonds. The van der Waals surface area contributed by atoms with E-state index in [2.05, 4.69) is 20.0 Å². The van der Waals surface area contributed by atoms with E-state index in [-0.39, 0.29) is 12.2 Å². The highest BCUT2D eigenvalue weighted by molar-refractivity contribution is 5.88. The minimum atomic E-state index is -0.579. The molecule has 0 saturated carbocycles. The molecule has 0 unspecified atom stereocenters. The van der Waals surface area contributed by atoms with E-state index in [9.17, 15) is 9.59 Å². The number of hydrogen-bond acceptors (Lipinski definition) is 6.